The topological polar surface area (TPSA) is 29.5 Å². The van der Waals surface area contributed by atoms with E-state index >= 15 is 0 Å². The molecule has 1 atom stereocenters. The Balaban J connectivity index is 2.16. The first kappa shape index (κ1) is 10.4. The number of nitrogens with zero attached hydrogens (tertiary/aromatic N) is 1. The number of carbonyl (C=O) groups excluding carboxylic acids is 1. The third-order valence-corrected chi connectivity index (χ3v) is 3.36. The predicted octanol–water partition coefficient (Wildman–Crippen LogP) is 2.77. The fraction of sp³-hybridized carbons (Fsp3) is 0.154. The smallest absolute Gasteiger partial charge is 0.251 e. The van der Waals surface area contributed by atoms with Crippen molar-refractivity contribution >= 4 is 23.6 Å². The van der Waals surface area contributed by atoms with Crippen molar-refractivity contribution in [2.45, 2.75) is 6.04 Å². The molecule has 0 radical (unpaired) electrons. The highest BCUT2D eigenvalue weighted by Gasteiger charge is 2.30. The van der Waals surface area contributed by atoms with Crippen LogP contribution in [0.4, 0.5) is 0 Å². The fourth-order valence-electron chi connectivity index (χ4n) is 2.21. The van der Waals surface area contributed by atoms with Gasteiger partial charge >= 0.3 is 0 Å². The average Bonchev–Trinajstić information content (AvgIpc) is 2.70. The number of ether oxygens (including phenoxy) is 1. The van der Waals surface area contributed by atoms with Gasteiger partial charge < -0.3 is 9.64 Å². The third kappa shape index (κ3) is 1.46. The SMILES string of the molecule is COc1cc2c(cc1Cl)C=CN1C(=O)C=CC21. The molecule has 2 aliphatic rings. The Hall–Kier alpha value is -1.74. The summed E-state index contributed by atoms with van der Waals surface area (Å²) in [5.41, 5.74) is 2.06. The van der Waals surface area contributed by atoms with Crippen LogP contribution in [0.2, 0.25) is 5.02 Å². The number of fused-ring (bicyclic) bond motifs is 3. The van der Waals surface area contributed by atoms with Gasteiger partial charge in [0.2, 0.25) is 0 Å². The second kappa shape index (κ2) is 3.64. The lowest BCUT2D eigenvalue weighted by molar-refractivity contribution is -0.123. The second-order valence-electron chi connectivity index (χ2n) is 3.98. The largest absolute Gasteiger partial charge is 0.495 e. The molecule has 0 aliphatic carbocycles. The van der Waals surface area contributed by atoms with Crippen molar-refractivity contribution in [2.24, 2.45) is 0 Å². The number of methoxy groups -OCH3 is 1. The highest BCUT2D eigenvalue weighted by Crippen LogP contribution is 2.39. The summed E-state index contributed by atoms with van der Waals surface area (Å²) in [6, 6.07) is 3.72. The highest BCUT2D eigenvalue weighted by molar-refractivity contribution is 6.32. The lowest BCUT2D eigenvalue weighted by atomic mass is 9.97. The first-order chi connectivity index (χ1) is 8.20. The summed E-state index contributed by atoms with van der Waals surface area (Å²) in [5.74, 6) is 0.638. The summed E-state index contributed by atoms with van der Waals surface area (Å²) < 4.78 is 5.20. The van der Waals surface area contributed by atoms with Gasteiger partial charge in [-0.05, 0) is 29.3 Å². The van der Waals surface area contributed by atoms with E-state index in [4.69, 9.17) is 16.3 Å². The van der Waals surface area contributed by atoms with Gasteiger partial charge in [0.05, 0.1) is 18.2 Å². The van der Waals surface area contributed by atoms with Gasteiger partial charge in [-0.1, -0.05) is 17.7 Å². The Kier molecular flexibility index (Phi) is 2.23. The van der Waals surface area contributed by atoms with E-state index in [1.165, 1.54) is 0 Å². The van der Waals surface area contributed by atoms with E-state index in [1.54, 1.807) is 24.3 Å². The number of halogens is 1. The molecule has 0 saturated heterocycles. The lowest BCUT2D eigenvalue weighted by Crippen LogP contribution is -2.25. The molecule has 86 valence electrons. The first-order valence-corrected chi connectivity index (χ1v) is 5.64. The van der Waals surface area contributed by atoms with E-state index in [9.17, 15) is 4.79 Å². The van der Waals surface area contributed by atoms with Gasteiger partial charge in [-0.2, -0.15) is 0 Å². The van der Waals surface area contributed by atoms with Crippen molar-refractivity contribution in [1.82, 2.24) is 4.90 Å². The maximum Gasteiger partial charge on any atom is 0.251 e. The summed E-state index contributed by atoms with van der Waals surface area (Å²) in [7, 11) is 1.58. The van der Waals surface area contributed by atoms with E-state index < -0.39 is 0 Å². The van der Waals surface area contributed by atoms with Crippen molar-refractivity contribution in [3.8, 4) is 5.75 Å². The van der Waals surface area contributed by atoms with Gasteiger partial charge in [-0.3, -0.25) is 4.79 Å². The molecule has 1 amide bonds. The molecule has 0 aromatic heterocycles. The second-order valence-corrected chi connectivity index (χ2v) is 4.39. The third-order valence-electron chi connectivity index (χ3n) is 3.07. The number of benzene rings is 1. The Bertz CT molecular complexity index is 563. The molecule has 0 bridgehead atoms. The molecule has 2 heterocycles. The van der Waals surface area contributed by atoms with Crippen molar-refractivity contribution < 1.29 is 9.53 Å². The number of carbonyl (C=O) groups is 1. The lowest BCUT2D eigenvalue weighted by Gasteiger charge is -2.27. The number of rotatable bonds is 1. The maximum absolute atomic E-state index is 11.6. The molecular formula is C13H10ClNO2. The van der Waals surface area contributed by atoms with Crippen LogP contribution in [-0.2, 0) is 4.79 Å². The quantitative estimate of drug-likeness (QED) is 0.764. The molecule has 4 heteroatoms. The number of hydrogen-bond acceptors (Lipinski definition) is 2. The summed E-state index contributed by atoms with van der Waals surface area (Å²) in [6.45, 7) is 0. The molecule has 3 rings (SSSR count). The van der Waals surface area contributed by atoms with Crippen molar-refractivity contribution in [1.29, 1.82) is 0 Å². The molecule has 0 spiro atoms. The van der Waals surface area contributed by atoms with Crippen LogP contribution in [0.1, 0.15) is 17.2 Å². The summed E-state index contributed by atoms with van der Waals surface area (Å²) in [4.78, 5) is 13.3. The normalized spacial score (nSPS) is 20.5. The van der Waals surface area contributed by atoms with Gasteiger partial charge in [-0.25, -0.2) is 0 Å². The fourth-order valence-corrected chi connectivity index (χ4v) is 2.46. The minimum atomic E-state index is -0.0336. The predicted molar refractivity (Wildman–Crippen MR) is 65.8 cm³/mol. The van der Waals surface area contributed by atoms with E-state index in [1.807, 2.05) is 24.3 Å². The van der Waals surface area contributed by atoms with Crippen LogP contribution in [0, 0.1) is 0 Å². The minimum Gasteiger partial charge on any atom is -0.495 e. The van der Waals surface area contributed by atoms with E-state index in [0.29, 0.717) is 10.8 Å². The van der Waals surface area contributed by atoms with Gasteiger partial charge in [0.1, 0.15) is 5.75 Å². The Morgan fingerprint density at radius 1 is 1.35 bits per heavy atom. The number of hydrogen-bond donors (Lipinski definition) is 0. The van der Waals surface area contributed by atoms with Crippen LogP contribution < -0.4 is 4.74 Å². The summed E-state index contributed by atoms with van der Waals surface area (Å²) in [5, 5.41) is 0.581. The molecule has 2 aliphatic heterocycles. The zero-order chi connectivity index (χ0) is 12.0. The molecule has 0 N–H and O–H groups in total. The molecule has 0 saturated carbocycles. The van der Waals surface area contributed by atoms with Crippen LogP contribution in [0.3, 0.4) is 0 Å². The molecule has 1 aromatic carbocycles. The van der Waals surface area contributed by atoms with Gasteiger partial charge in [0, 0.05) is 12.3 Å². The summed E-state index contributed by atoms with van der Waals surface area (Å²) in [6.07, 6.45) is 7.16. The minimum absolute atomic E-state index is 0.00539. The van der Waals surface area contributed by atoms with Crippen LogP contribution in [0.25, 0.3) is 6.08 Å². The van der Waals surface area contributed by atoms with E-state index in [2.05, 4.69) is 0 Å². The Labute approximate surface area is 104 Å². The van der Waals surface area contributed by atoms with Gasteiger partial charge in [0.25, 0.3) is 5.91 Å². The first-order valence-electron chi connectivity index (χ1n) is 5.27. The number of amides is 1. The van der Waals surface area contributed by atoms with Crippen molar-refractivity contribution in [3.05, 3.63) is 46.6 Å². The van der Waals surface area contributed by atoms with Crippen molar-refractivity contribution in [3.63, 3.8) is 0 Å². The zero-order valence-electron chi connectivity index (χ0n) is 9.18. The summed E-state index contributed by atoms with van der Waals surface area (Å²) >= 11 is 6.08. The Morgan fingerprint density at radius 3 is 2.94 bits per heavy atom. The molecule has 0 fully saturated rings. The standard InChI is InChI=1S/C13H10ClNO2/c1-17-12-7-9-8(6-10(12)14)4-5-15-11(9)2-3-13(15)16/h2-7,11H,1H3. The monoisotopic (exact) mass is 247 g/mol. The van der Waals surface area contributed by atoms with Crippen LogP contribution in [-0.4, -0.2) is 17.9 Å². The Morgan fingerprint density at radius 2 is 2.18 bits per heavy atom. The van der Waals surface area contributed by atoms with Crippen molar-refractivity contribution in [2.75, 3.05) is 7.11 Å². The molecule has 1 aromatic rings. The van der Waals surface area contributed by atoms with Gasteiger partial charge in [0.15, 0.2) is 0 Å². The van der Waals surface area contributed by atoms with Crippen LogP contribution in [0.15, 0.2) is 30.5 Å². The molecular weight excluding hydrogens is 238 g/mol. The van der Waals surface area contributed by atoms with Gasteiger partial charge in [-0.15, -0.1) is 0 Å². The zero-order valence-corrected chi connectivity index (χ0v) is 9.94. The van der Waals surface area contributed by atoms with E-state index in [0.717, 1.165) is 11.1 Å². The average molecular weight is 248 g/mol. The van der Waals surface area contributed by atoms with Crippen LogP contribution >= 0.6 is 11.6 Å². The molecule has 17 heavy (non-hydrogen) atoms. The van der Waals surface area contributed by atoms with Crippen LogP contribution in [0.5, 0.6) is 5.75 Å². The highest BCUT2D eigenvalue weighted by atomic mass is 35.5. The molecule has 1 unspecified atom stereocenters. The van der Waals surface area contributed by atoms with E-state index in [-0.39, 0.29) is 11.9 Å². The maximum atomic E-state index is 11.6. The molecule has 3 nitrogen and oxygen atoms in total.